The number of benzene rings is 2. The van der Waals surface area contributed by atoms with Gasteiger partial charge in [0.1, 0.15) is 11.4 Å². The predicted octanol–water partition coefficient (Wildman–Crippen LogP) is -4.31. The van der Waals surface area contributed by atoms with Crippen molar-refractivity contribution in [2.45, 2.75) is 9.79 Å². The van der Waals surface area contributed by atoms with Crippen LogP contribution in [0.15, 0.2) is 51.2 Å². The molecule has 30 heavy (non-hydrogen) atoms. The molecule has 0 unspecified atom stereocenters. The van der Waals surface area contributed by atoms with Crippen LogP contribution in [-0.2, 0) is 20.2 Å². The third kappa shape index (κ3) is 4.30. The van der Waals surface area contributed by atoms with Crippen LogP contribution >= 0.6 is 0 Å². The minimum atomic E-state index is -4.52. The van der Waals surface area contributed by atoms with Gasteiger partial charge >= 0.3 is 59.1 Å². The Morgan fingerprint density at radius 2 is 1.43 bits per heavy atom. The average Bonchev–Trinajstić information content (AvgIpc) is 3.10. The molecule has 0 saturated carbocycles. The third-order valence-corrected chi connectivity index (χ3v) is 5.93. The zero-order valence-electron chi connectivity index (χ0n) is 15.6. The molecule has 0 amide bonds. The number of fused-ring (bicyclic) bond motifs is 2. The zero-order chi connectivity index (χ0) is 20.4. The van der Waals surface area contributed by atoms with Crippen molar-refractivity contribution in [3.8, 4) is 5.75 Å². The monoisotopic (exact) mass is 468 g/mol. The summed E-state index contributed by atoms with van der Waals surface area (Å²) in [5.74, 6) is -1.16. The summed E-state index contributed by atoms with van der Waals surface area (Å²) < 4.78 is 63.4. The number of carbonyl (C=O) groups is 1. The number of H-pyrrole nitrogens is 1. The minimum Gasteiger partial charge on any atom is -0.505 e. The maximum atomic E-state index is 12.7. The van der Waals surface area contributed by atoms with E-state index in [1.54, 1.807) is 0 Å². The van der Waals surface area contributed by atoms with Gasteiger partial charge < -0.3 is 10.1 Å². The van der Waals surface area contributed by atoms with E-state index in [9.17, 15) is 26.7 Å². The fourth-order valence-corrected chi connectivity index (χ4v) is 3.93. The Morgan fingerprint density at radius 3 is 2.03 bits per heavy atom. The Bertz CT molecular complexity index is 1440. The molecule has 4 rings (SSSR count). The molecule has 4 N–H and O–H groups in total. The topological polar surface area (TPSA) is 174 Å². The Kier molecular flexibility index (Phi) is 7.11. The van der Waals surface area contributed by atoms with Crippen LogP contribution in [0.3, 0.4) is 0 Å². The van der Waals surface area contributed by atoms with Gasteiger partial charge in [-0.15, -0.1) is 0 Å². The summed E-state index contributed by atoms with van der Waals surface area (Å²) in [4.78, 5) is 18.6. The van der Waals surface area contributed by atoms with Crippen molar-refractivity contribution in [3.63, 3.8) is 0 Å². The molecule has 0 fully saturated rings. The normalized spacial score (nSPS) is 13.4. The van der Waals surface area contributed by atoms with Gasteiger partial charge in [-0.1, -0.05) is 0 Å². The second-order valence-corrected chi connectivity index (χ2v) is 8.82. The fraction of sp³-hybridized carbons (Fsp3) is 0. The molecular formula is C16H10N2Na2O8S2+2. The first-order valence-corrected chi connectivity index (χ1v) is 10.4. The summed E-state index contributed by atoms with van der Waals surface area (Å²) in [6.45, 7) is 0. The summed E-state index contributed by atoms with van der Waals surface area (Å²) >= 11 is 0. The van der Waals surface area contributed by atoms with Gasteiger partial charge in [0.2, 0.25) is 5.78 Å². The van der Waals surface area contributed by atoms with Gasteiger partial charge in [0.05, 0.1) is 21.0 Å². The average molecular weight is 468 g/mol. The quantitative estimate of drug-likeness (QED) is 0.221. The molecule has 0 aliphatic carbocycles. The first-order valence-electron chi connectivity index (χ1n) is 7.54. The van der Waals surface area contributed by atoms with Crippen molar-refractivity contribution in [3.05, 3.63) is 47.7 Å². The molecule has 0 spiro atoms. The number of rotatable bonds is 3. The first-order chi connectivity index (χ1) is 13.0. The van der Waals surface area contributed by atoms with Crippen molar-refractivity contribution in [2.24, 2.45) is 4.99 Å². The first kappa shape index (κ1) is 25.2. The maximum absolute atomic E-state index is 12.7. The summed E-state index contributed by atoms with van der Waals surface area (Å²) in [5, 5.41) is 10.5. The van der Waals surface area contributed by atoms with Gasteiger partial charge in [0.15, 0.2) is 5.75 Å². The Balaban J connectivity index is 0.00000160. The van der Waals surface area contributed by atoms with Crippen LogP contribution < -0.4 is 59.1 Å². The van der Waals surface area contributed by atoms with Crippen LogP contribution in [-0.4, -0.2) is 47.5 Å². The van der Waals surface area contributed by atoms with Gasteiger partial charge in [-0.05, 0) is 36.4 Å². The molecule has 0 radical (unpaired) electrons. The largest absolute Gasteiger partial charge is 1.00 e. The molecule has 1 aromatic heterocycles. The number of carbonyl (C=O) groups excluding carboxylic acids is 1. The summed E-state index contributed by atoms with van der Waals surface area (Å²) in [5.41, 5.74) is 0.0255. The number of ketones is 1. The van der Waals surface area contributed by atoms with Gasteiger partial charge in [-0.2, -0.15) is 16.8 Å². The molecule has 2 heterocycles. The Hall–Kier alpha value is -1.06. The third-order valence-electron chi connectivity index (χ3n) is 4.24. The van der Waals surface area contributed by atoms with Gasteiger partial charge in [-0.3, -0.25) is 13.9 Å². The van der Waals surface area contributed by atoms with Gasteiger partial charge in [0.25, 0.3) is 20.2 Å². The number of aromatic nitrogens is 1. The van der Waals surface area contributed by atoms with E-state index in [0.29, 0.717) is 0 Å². The fourth-order valence-electron chi connectivity index (χ4n) is 2.91. The second-order valence-electron chi connectivity index (χ2n) is 5.97. The van der Waals surface area contributed by atoms with E-state index in [1.807, 2.05) is 0 Å². The van der Waals surface area contributed by atoms with Crippen LogP contribution in [0.1, 0.15) is 16.1 Å². The molecule has 0 bridgehead atoms. The van der Waals surface area contributed by atoms with Crippen molar-refractivity contribution in [2.75, 3.05) is 0 Å². The SMILES string of the molecule is O=C1C(c2[nH]c3ccc(S(=O)(=O)O)cc3c2O)=Nc2ccc(S(=O)(=O)O)cc21.[Na+].[Na+]. The molecule has 1 aliphatic rings. The van der Waals surface area contributed by atoms with E-state index in [2.05, 4.69) is 9.98 Å². The molecule has 10 nitrogen and oxygen atoms in total. The van der Waals surface area contributed by atoms with Crippen molar-refractivity contribution in [1.82, 2.24) is 4.98 Å². The Morgan fingerprint density at radius 1 is 0.867 bits per heavy atom. The number of aliphatic imine (C=N–C) groups is 1. The molecule has 14 heteroatoms. The molecule has 0 atom stereocenters. The summed E-state index contributed by atoms with van der Waals surface area (Å²) in [6.07, 6.45) is 0. The minimum absolute atomic E-state index is 0. The number of hydrogen-bond donors (Lipinski definition) is 4. The van der Waals surface area contributed by atoms with E-state index >= 15 is 0 Å². The number of aromatic hydroxyl groups is 1. The number of aromatic amines is 1. The van der Waals surface area contributed by atoms with Crippen molar-refractivity contribution in [1.29, 1.82) is 0 Å². The molecule has 2 aromatic carbocycles. The van der Waals surface area contributed by atoms with E-state index in [4.69, 9.17) is 9.11 Å². The van der Waals surface area contributed by atoms with E-state index in [-0.39, 0.29) is 92.7 Å². The van der Waals surface area contributed by atoms with E-state index < -0.39 is 41.6 Å². The second kappa shape index (κ2) is 8.47. The van der Waals surface area contributed by atoms with Crippen LogP contribution in [0.2, 0.25) is 0 Å². The number of nitrogens with one attached hydrogen (secondary N) is 1. The van der Waals surface area contributed by atoms with Crippen LogP contribution in [0, 0.1) is 0 Å². The summed E-state index contributed by atoms with van der Waals surface area (Å²) in [7, 11) is -9.02. The summed E-state index contributed by atoms with van der Waals surface area (Å²) in [6, 6.07) is 6.73. The van der Waals surface area contributed by atoms with Crippen LogP contribution in [0.25, 0.3) is 10.9 Å². The predicted molar refractivity (Wildman–Crippen MR) is 96.6 cm³/mol. The molecule has 3 aromatic rings. The molecule has 1 aliphatic heterocycles. The van der Waals surface area contributed by atoms with Crippen LogP contribution in [0.4, 0.5) is 5.69 Å². The zero-order valence-corrected chi connectivity index (χ0v) is 21.2. The van der Waals surface area contributed by atoms with Gasteiger partial charge in [0, 0.05) is 10.9 Å². The maximum Gasteiger partial charge on any atom is 1.00 e. The van der Waals surface area contributed by atoms with Gasteiger partial charge in [-0.25, -0.2) is 4.99 Å². The molecule has 0 saturated heterocycles. The van der Waals surface area contributed by atoms with E-state index in [1.165, 1.54) is 12.1 Å². The van der Waals surface area contributed by atoms with Crippen LogP contribution in [0.5, 0.6) is 5.75 Å². The van der Waals surface area contributed by atoms with Crippen molar-refractivity contribution < 1.29 is 95.0 Å². The Labute approximate surface area is 214 Å². The number of nitrogens with zero attached hydrogens (tertiary/aromatic N) is 1. The molecule has 144 valence electrons. The van der Waals surface area contributed by atoms with Crippen molar-refractivity contribution >= 4 is 48.3 Å². The van der Waals surface area contributed by atoms with E-state index in [0.717, 1.165) is 24.3 Å². The molecular weight excluding hydrogens is 458 g/mol. The smallest absolute Gasteiger partial charge is 0.505 e. The standard InChI is InChI=1S/C16H10N2O8S2.2Na/c19-15-9-5-7(27(21,22)23)1-3-11(9)17-13(15)14-16(20)10-6-8(28(24,25)26)2-4-12(10)18-14;;/h1-6,17,19H,(H,21,22,23)(H,24,25,26);;/q;2*+1. The number of hydrogen-bond acceptors (Lipinski definition) is 7. The number of Topliss-reactive ketones (excluding diaryl/α,β-unsaturated/α-hetero) is 1.